The maximum atomic E-state index is 13.1. The third-order valence-electron chi connectivity index (χ3n) is 3.22. The molecule has 3 N–H and O–H groups in total. The van der Waals surface area contributed by atoms with E-state index in [4.69, 9.17) is 5.73 Å². The van der Waals surface area contributed by atoms with Gasteiger partial charge in [0.15, 0.2) is 11.6 Å². The molecule has 1 aliphatic rings. The third-order valence-corrected chi connectivity index (χ3v) is 3.22. The second kappa shape index (κ2) is 4.89. The van der Waals surface area contributed by atoms with E-state index in [1.54, 1.807) is 6.07 Å². The van der Waals surface area contributed by atoms with Crippen molar-refractivity contribution in [1.82, 2.24) is 5.32 Å². The van der Waals surface area contributed by atoms with Gasteiger partial charge in [-0.3, -0.25) is 0 Å². The van der Waals surface area contributed by atoms with E-state index in [1.165, 1.54) is 6.07 Å². The SMILES string of the molecule is NC(c1ccc(F)c(F)c1)C1CCNCC1. The van der Waals surface area contributed by atoms with E-state index in [2.05, 4.69) is 5.32 Å². The van der Waals surface area contributed by atoms with Crippen molar-refractivity contribution in [3.63, 3.8) is 0 Å². The molecule has 1 aliphatic heterocycles. The maximum absolute atomic E-state index is 13.1. The van der Waals surface area contributed by atoms with Crippen LogP contribution in [0.4, 0.5) is 8.78 Å². The lowest BCUT2D eigenvalue weighted by molar-refractivity contribution is 0.321. The number of nitrogens with two attached hydrogens (primary N) is 1. The molecule has 0 spiro atoms. The van der Waals surface area contributed by atoms with Crippen molar-refractivity contribution in [2.24, 2.45) is 11.7 Å². The third kappa shape index (κ3) is 2.39. The number of hydrogen-bond donors (Lipinski definition) is 2. The van der Waals surface area contributed by atoms with E-state index in [0.29, 0.717) is 11.5 Å². The highest BCUT2D eigenvalue weighted by Crippen LogP contribution is 2.27. The van der Waals surface area contributed by atoms with Gasteiger partial charge < -0.3 is 11.1 Å². The molecule has 1 fully saturated rings. The Kier molecular flexibility index (Phi) is 3.51. The number of piperidine rings is 1. The molecule has 88 valence electrons. The van der Waals surface area contributed by atoms with E-state index in [9.17, 15) is 8.78 Å². The largest absolute Gasteiger partial charge is 0.324 e. The van der Waals surface area contributed by atoms with Gasteiger partial charge in [-0.15, -0.1) is 0 Å². The van der Waals surface area contributed by atoms with Crippen LogP contribution < -0.4 is 11.1 Å². The molecule has 1 atom stereocenters. The molecule has 0 aliphatic carbocycles. The zero-order valence-corrected chi connectivity index (χ0v) is 9.05. The summed E-state index contributed by atoms with van der Waals surface area (Å²) < 4.78 is 25.8. The van der Waals surface area contributed by atoms with Crippen molar-refractivity contribution >= 4 is 0 Å². The molecule has 0 aromatic heterocycles. The summed E-state index contributed by atoms with van der Waals surface area (Å²) in [5.41, 5.74) is 6.76. The van der Waals surface area contributed by atoms with Gasteiger partial charge in [-0.25, -0.2) is 8.78 Å². The zero-order chi connectivity index (χ0) is 11.5. The van der Waals surface area contributed by atoms with Crippen molar-refractivity contribution in [3.8, 4) is 0 Å². The van der Waals surface area contributed by atoms with Crippen molar-refractivity contribution in [1.29, 1.82) is 0 Å². The van der Waals surface area contributed by atoms with E-state index < -0.39 is 11.6 Å². The van der Waals surface area contributed by atoms with Crippen molar-refractivity contribution < 1.29 is 8.78 Å². The second-order valence-corrected chi connectivity index (χ2v) is 4.29. The molecule has 0 saturated carbocycles. The molecule has 2 rings (SSSR count). The van der Waals surface area contributed by atoms with Gasteiger partial charge in [0.05, 0.1) is 0 Å². The summed E-state index contributed by atoms with van der Waals surface area (Å²) in [6, 6.07) is 3.73. The Balaban J connectivity index is 2.12. The number of benzene rings is 1. The molecular formula is C12H16F2N2. The highest BCUT2D eigenvalue weighted by atomic mass is 19.2. The number of nitrogens with one attached hydrogen (secondary N) is 1. The van der Waals surface area contributed by atoms with Crippen LogP contribution in [0, 0.1) is 17.6 Å². The summed E-state index contributed by atoms with van der Waals surface area (Å²) in [6.45, 7) is 1.89. The number of rotatable bonds is 2. The number of hydrogen-bond acceptors (Lipinski definition) is 2. The Morgan fingerprint density at radius 1 is 1.19 bits per heavy atom. The Morgan fingerprint density at radius 2 is 1.88 bits per heavy atom. The van der Waals surface area contributed by atoms with Crippen LogP contribution in [0.2, 0.25) is 0 Å². The first-order valence-electron chi connectivity index (χ1n) is 5.59. The van der Waals surface area contributed by atoms with Crippen LogP contribution in [0.25, 0.3) is 0 Å². The van der Waals surface area contributed by atoms with E-state index in [-0.39, 0.29) is 6.04 Å². The summed E-state index contributed by atoms with van der Waals surface area (Å²) in [6.07, 6.45) is 1.97. The van der Waals surface area contributed by atoms with Gasteiger partial charge >= 0.3 is 0 Å². The van der Waals surface area contributed by atoms with E-state index in [1.807, 2.05) is 0 Å². The van der Waals surface area contributed by atoms with Crippen LogP contribution in [0.5, 0.6) is 0 Å². The molecule has 1 aromatic rings. The predicted octanol–water partition coefficient (Wildman–Crippen LogP) is 1.96. The van der Waals surface area contributed by atoms with Crippen LogP contribution in [-0.2, 0) is 0 Å². The minimum Gasteiger partial charge on any atom is -0.324 e. The highest BCUT2D eigenvalue weighted by molar-refractivity contribution is 5.21. The molecule has 0 radical (unpaired) electrons. The first-order chi connectivity index (χ1) is 7.68. The molecule has 1 unspecified atom stereocenters. The fraction of sp³-hybridized carbons (Fsp3) is 0.500. The molecule has 1 aromatic carbocycles. The smallest absolute Gasteiger partial charge is 0.159 e. The van der Waals surface area contributed by atoms with Gasteiger partial charge in [0.25, 0.3) is 0 Å². The van der Waals surface area contributed by atoms with Crippen LogP contribution in [0.15, 0.2) is 18.2 Å². The maximum Gasteiger partial charge on any atom is 0.159 e. The minimum absolute atomic E-state index is 0.197. The lowest BCUT2D eigenvalue weighted by atomic mass is 9.86. The average molecular weight is 226 g/mol. The summed E-state index contributed by atoms with van der Waals surface area (Å²) in [4.78, 5) is 0. The van der Waals surface area contributed by atoms with E-state index >= 15 is 0 Å². The molecular weight excluding hydrogens is 210 g/mol. The first kappa shape index (κ1) is 11.5. The first-order valence-corrected chi connectivity index (χ1v) is 5.59. The van der Waals surface area contributed by atoms with Crippen LogP contribution in [0.3, 0.4) is 0 Å². The quantitative estimate of drug-likeness (QED) is 0.809. The molecule has 2 nitrogen and oxygen atoms in total. The topological polar surface area (TPSA) is 38.0 Å². The lowest BCUT2D eigenvalue weighted by Gasteiger charge is -2.28. The second-order valence-electron chi connectivity index (χ2n) is 4.29. The van der Waals surface area contributed by atoms with Gasteiger partial charge in [-0.1, -0.05) is 6.07 Å². The van der Waals surface area contributed by atoms with Gasteiger partial charge in [0.1, 0.15) is 0 Å². The van der Waals surface area contributed by atoms with Gasteiger partial charge in [-0.2, -0.15) is 0 Å². The Labute approximate surface area is 93.8 Å². The Hall–Kier alpha value is -1.00. The normalized spacial score (nSPS) is 19.7. The molecule has 4 heteroatoms. The molecule has 16 heavy (non-hydrogen) atoms. The summed E-state index contributed by atoms with van der Waals surface area (Å²) in [5, 5.41) is 3.25. The van der Waals surface area contributed by atoms with E-state index in [0.717, 1.165) is 32.0 Å². The Morgan fingerprint density at radius 3 is 2.50 bits per heavy atom. The van der Waals surface area contributed by atoms with Crippen molar-refractivity contribution in [2.75, 3.05) is 13.1 Å². The number of halogens is 2. The Bertz CT molecular complexity index is 362. The minimum atomic E-state index is -0.818. The molecule has 1 heterocycles. The van der Waals surface area contributed by atoms with Crippen LogP contribution in [0.1, 0.15) is 24.4 Å². The zero-order valence-electron chi connectivity index (χ0n) is 9.05. The van der Waals surface area contributed by atoms with Gasteiger partial charge in [0, 0.05) is 6.04 Å². The fourth-order valence-electron chi connectivity index (χ4n) is 2.20. The predicted molar refractivity (Wildman–Crippen MR) is 58.9 cm³/mol. The standard InChI is InChI=1S/C12H16F2N2/c13-10-2-1-9(7-11(10)14)12(15)8-3-5-16-6-4-8/h1-2,7-8,12,16H,3-6,15H2. The average Bonchev–Trinajstić information content (AvgIpc) is 2.33. The van der Waals surface area contributed by atoms with Gasteiger partial charge in [0.2, 0.25) is 0 Å². The summed E-state index contributed by atoms with van der Waals surface area (Å²) in [7, 11) is 0. The van der Waals surface area contributed by atoms with Crippen molar-refractivity contribution in [3.05, 3.63) is 35.4 Å². The molecule has 0 amide bonds. The highest BCUT2D eigenvalue weighted by Gasteiger charge is 2.22. The van der Waals surface area contributed by atoms with Crippen LogP contribution in [-0.4, -0.2) is 13.1 Å². The molecule has 0 bridgehead atoms. The fourth-order valence-corrected chi connectivity index (χ4v) is 2.20. The van der Waals surface area contributed by atoms with Crippen LogP contribution >= 0.6 is 0 Å². The lowest BCUT2D eigenvalue weighted by Crippen LogP contribution is -2.33. The summed E-state index contributed by atoms with van der Waals surface area (Å²) >= 11 is 0. The van der Waals surface area contributed by atoms with Crippen molar-refractivity contribution in [2.45, 2.75) is 18.9 Å². The van der Waals surface area contributed by atoms with Gasteiger partial charge in [-0.05, 0) is 49.5 Å². The molecule has 1 saturated heterocycles. The summed E-state index contributed by atoms with van der Waals surface area (Å²) in [5.74, 6) is -1.28. The monoisotopic (exact) mass is 226 g/mol.